The summed E-state index contributed by atoms with van der Waals surface area (Å²) in [5.74, 6) is 0.382. The van der Waals surface area contributed by atoms with E-state index in [1.807, 2.05) is 36.6 Å². The molecule has 0 bridgehead atoms. The molecule has 14 heteroatoms. The van der Waals surface area contributed by atoms with Crippen LogP contribution in [0.5, 0.6) is 5.75 Å². The van der Waals surface area contributed by atoms with Crippen LogP contribution in [0.4, 0.5) is 26.0 Å². The molecule has 12 nitrogen and oxygen atoms in total. The summed E-state index contributed by atoms with van der Waals surface area (Å²) in [5, 5.41) is 8.30. The Bertz CT molecular complexity index is 1990. The van der Waals surface area contributed by atoms with E-state index in [-0.39, 0.29) is 35.3 Å². The number of aromatic nitrogens is 3. The van der Waals surface area contributed by atoms with Crippen molar-refractivity contribution in [2.75, 3.05) is 42.2 Å². The molecule has 3 aromatic heterocycles. The van der Waals surface area contributed by atoms with Gasteiger partial charge >= 0.3 is 0 Å². The number of hydrogen-bond acceptors (Lipinski definition) is 9. The number of fused-ring (bicyclic) bond motifs is 1. The van der Waals surface area contributed by atoms with Crippen LogP contribution in [0.3, 0.4) is 0 Å². The van der Waals surface area contributed by atoms with E-state index < -0.39 is 18.0 Å². The number of imidazole rings is 1. The number of hydrogen-bond donors (Lipinski definition) is 3. The Kier molecular flexibility index (Phi) is 11.6. The first-order valence-corrected chi connectivity index (χ1v) is 19.4. The smallest absolute Gasteiger partial charge is 0.280 e. The molecule has 1 aliphatic carbocycles. The second-order valence-corrected chi connectivity index (χ2v) is 15.4. The Morgan fingerprint density at radius 2 is 1.73 bits per heavy atom. The second-order valence-electron chi connectivity index (χ2n) is 15.4. The SMILES string of the molecule is CC(C)Oc1cc2nc([C@H]3CC[C@H](CN(C)C4CCN(c5ccc(NC6CCC(=O)NC6=O)cc5)CC4)CC3)cn2cc1C(=O)Nc1cccc(C(F)F)n1. The molecule has 0 spiro atoms. The molecule has 5 heterocycles. The lowest BCUT2D eigenvalue weighted by atomic mass is 9.80. The summed E-state index contributed by atoms with van der Waals surface area (Å²) < 4.78 is 34.3. The van der Waals surface area contributed by atoms with Crippen LogP contribution in [-0.4, -0.2) is 81.9 Å². The van der Waals surface area contributed by atoms with Gasteiger partial charge in [-0.1, -0.05) is 6.07 Å². The summed E-state index contributed by atoms with van der Waals surface area (Å²) in [6.45, 7) is 6.82. The maximum atomic E-state index is 13.4. The van der Waals surface area contributed by atoms with Gasteiger partial charge in [0.1, 0.15) is 29.0 Å². The van der Waals surface area contributed by atoms with Gasteiger partial charge in [0.25, 0.3) is 12.3 Å². The number of rotatable bonds is 12. The van der Waals surface area contributed by atoms with Gasteiger partial charge in [0.2, 0.25) is 11.8 Å². The number of imide groups is 1. The minimum Gasteiger partial charge on any atom is -0.490 e. The highest BCUT2D eigenvalue weighted by Crippen LogP contribution is 2.37. The van der Waals surface area contributed by atoms with Crippen molar-refractivity contribution < 1.29 is 27.9 Å². The van der Waals surface area contributed by atoms with Crippen molar-refractivity contribution in [3.8, 4) is 5.75 Å². The summed E-state index contributed by atoms with van der Waals surface area (Å²) >= 11 is 0. The average molecular weight is 757 g/mol. The molecular weight excluding hydrogens is 706 g/mol. The van der Waals surface area contributed by atoms with Crippen LogP contribution in [0.15, 0.2) is 60.9 Å². The maximum Gasteiger partial charge on any atom is 0.280 e. The second kappa shape index (κ2) is 16.7. The van der Waals surface area contributed by atoms with Gasteiger partial charge in [-0.2, -0.15) is 0 Å². The number of pyridine rings is 2. The lowest BCUT2D eigenvalue weighted by Gasteiger charge is -2.40. The first-order chi connectivity index (χ1) is 26.5. The fourth-order valence-corrected chi connectivity index (χ4v) is 8.14. The van der Waals surface area contributed by atoms with E-state index >= 15 is 0 Å². The third kappa shape index (κ3) is 9.23. The van der Waals surface area contributed by atoms with Crippen molar-refractivity contribution in [1.82, 2.24) is 24.6 Å². The highest BCUT2D eigenvalue weighted by molar-refractivity contribution is 6.06. The number of benzene rings is 1. The van der Waals surface area contributed by atoms with Gasteiger partial charge in [-0.15, -0.1) is 0 Å². The van der Waals surface area contributed by atoms with E-state index in [9.17, 15) is 23.2 Å². The number of halogens is 2. The number of nitrogens with one attached hydrogen (secondary N) is 3. The first kappa shape index (κ1) is 38.2. The minimum atomic E-state index is -2.74. The highest BCUT2D eigenvalue weighted by Gasteiger charge is 2.30. The molecule has 1 saturated carbocycles. The van der Waals surface area contributed by atoms with Crippen molar-refractivity contribution in [2.24, 2.45) is 5.92 Å². The van der Waals surface area contributed by atoms with Crippen LogP contribution in [-0.2, 0) is 9.59 Å². The molecule has 1 unspecified atom stereocenters. The number of anilines is 3. The Hall–Kier alpha value is -5.11. The van der Waals surface area contributed by atoms with Crippen LogP contribution >= 0.6 is 0 Å². The standard InChI is InChI=1S/C41H50F2N8O4/c1-25(2)55-35-21-37-46-34(24-51(37)23-31(35)40(53)47-36-6-4-5-32(45-36)39(42)43)27-9-7-26(8-10-27)22-49(3)29-17-19-50(20-18-29)30-13-11-28(12-14-30)44-33-15-16-38(52)48-41(33)54/h4-6,11-14,21,23-27,29,33,39,44H,7-10,15-20,22H2,1-3H3,(H,45,47,53)(H,48,52,54)/t26-,27-,33?. The average Bonchev–Trinajstić information content (AvgIpc) is 3.59. The van der Waals surface area contributed by atoms with Crippen molar-refractivity contribution >= 4 is 40.6 Å². The summed E-state index contributed by atoms with van der Waals surface area (Å²) in [6.07, 6.45) is 8.15. The Morgan fingerprint density at radius 1 is 0.982 bits per heavy atom. The van der Waals surface area contributed by atoms with Gasteiger partial charge in [0.15, 0.2) is 0 Å². The number of amides is 3. The number of carbonyl (C=O) groups is 3. The molecule has 3 amide bonds. The van der Waals surface area contributed by atoms with Crippen LogP contribution < -0.4 is 25.6 Å². The Labute approximate surface area is 320 Å². The Balaban J connectivity index is 0.902. The van der Waals surface area contributed by atoms with Crippen molar-refractivity contribution in [3.63, 3.8) is 0 Å². The van der Waals surface area contributed by atoms with Gasteiger partial charge in [0.05, 0.1) is 17.4 Å². The maximum absolute atomic E-state index is 13.4. The monoisotopic (exact) mass is 756 g/mol. The molecule has 1 aromatic carbocycles. The third-order valence-corrected chi connectivity index (χ3v) is 11.1. The number of alkyl halides is 2. The zero-order chi connectivity index (χ0) is 38.6. The molecule has 0 radical (unpaired) electrons. The summed E-state index contributed by atoms with van der Waals surface area (Å²) in [5.41, 5.74) is 3.60. The van der Waals surface area contributed by atoms with Crippen LogP contribution in [0, 0.1) is 5.92 Å². The van der Waals surface area contributed by atoms with E-state index in [0.29, 0.717) is 42.1 Å². The molecule has 3 N–H and O–H groups in total. The molecule has 4 aromatic rings. The van der Waals surface area contributed by atoms with Crippen molar-refractivity contribution in [3.05, 3.63) is 77.9 Å². The van der Waals surface area contributed by atoms with Gasteiger partial charge in [0, 0.05) is 67.8 Å². The van der Waals surface area contributed by atoms with E-state index in [2.05, 4.69) is 49.9 Å². The number of piperidine rings is 2. The molecule has 55 heavy (non-hydrogen) atoms. The number of nitrogens with zero attached hydrogens (tertiary/aromatic N) is 5. The molecular formula is C41H50F2N8O4. The third-order valence-electron chi connectivity index (χ3n) is 11.1. The molecule has 2 saturated heterocycles. The Morgan fingerprint density at radius 3 is 2.42 bits per heavy atom. The zero-order valence-electron chi connectivity index (χ0n) is 31.6. The molecule has 2 aliphatic heterocycles. The first-order valence-electron chi connectivity index (χ1n) is 19.4. The minimum absolute atomic E-state index is 0.0442. The largest absolute Gasteiger partial charge is 0.490 e. The van der Waals surface area contributed by atoms with Crippen LogP contribution in [0.25, 0.3) is 5.65 Å². The fraction of sp³-hybridized carbons (Fsp3) is 0.488. The molecule has 3 aliphatic rings. The quantitative estimate of drug-likeness (QED) is 0.134. The van der Waals surface area contributed by atoms with Gasteiger partial charge < -0.3 is 29.6 Å². The molecule has 3 fully saturated rings. The van der Waals surface area contributed by atoms with Crippen molar-refractivity contribution in [1.29, 1.82) is 0 Å². The molecule has 7 rings (SSSR count). The number of carbonyl (C=O) groups excluding carboxylic acids is 3. The van der Waals surface area contributed by atoms with E-state index in [1.54, 1.807) is 12.3 Å². The zero-order valence-corrected chi connectivity index (χ0v) is 31.6. The van der Waals surface area contributed by atoms with Gasteiger partial charge in [-0.05, 0) is 108 Å². The van der Waals surface area contributed by atoms with Gasteiger partial charge in [-0.25, -0.2) is 18.7 Å². The van der Waals surface area contributed by atoms with Gasteiger partial charge in [-0.3, -0.25) is 19.7 Å². The summed E-state index contributed by atoms with van der Waals surface area (Å²) in [7, 11) is 2.26. The molecule has 1 atom stereocenters. The lowest BCUT2D eigenvalue weighted by Crippen LogP contribution is -2.47. The summed E-state index contributed by atoms with van der Waals surface area (Å²) in [4.78, 5) is 50.8. The van der Waals surface area contributed by atoms with E-state index in [4.69, 9.17) is 9.72 Å². The lowest BCUT2D eigenvalue weighted by molar-refractivity contribution is -0.133. The number of ether oxygens (including phenoxy) is 1. The predicted octanol–water partition coefficient (Wildman–Crippen LogP) is 6.80. The fourth-order valence-electron chi connectivity index (χ4n) is 8.14. The topological polar surface area (TPSA) is 133 Å². The normalized spacial score (nSPS) is 21.0. The van der Waals surface area contributed by atoms with Crippen LogP contribution in [0.2, 0.25) is 0 Å². The predicted molar refractivity (Wildman–Crippen MR) is 207 cm³/mol. The van der Waals surface area contributed by atoms with E-state index in [1.165, 1.54) is 23.9 Å². The van der Waals surface area contributed by atoms with E-state index in [0.717, 1.165) is 69.5 Å². The molecule has 292 valence electrons. The summed E-state index contributed by atoms with van der Waals surface area (Å²) in [6, 6.07) is 14.3. The highest BCUT2D eigenvalue weighted by atomic mass is 19.3. The van der Waals surface area contributed by atoms with Crippen molar-refractivity contribution in [2.45, 2.75) is 95.7 Å². The van der Waals surface area contributed by atoms with Crippen LogP contribution in [0.1, 0.15) is 99.3 Å².